The summed E-state index contributed by atoms with van der Waals surface area (Å²) >= 11 is 0. The Labute approximate surface area is 146 Å². The summed E-state index contributed by atoms with van der Waals surface area (Å²) in [6, 6.07) is 3.11. The fourth-order valence-electron chi connectivity index (χ4n) is 3.23. The van der Waals surface area contributed by atoms with E-state index in [-0.39, 0.29) is 30.1 Å². The Morgan fingerprint density at radius 1 is 1.38 bits per heavy atom. The number of nitrogens with zero attached hydrogens (tertiary/aromatic N) is 3. The van der Waals surface area contributed by atoms with Crippen molar-refractivity contribution in [2.24, 2.45) is 0 Å². The highest BCUT2D eigenvalue weighted by atomic mass is 16.6. The molecule has 0 bridgehead atoms. The van der Waals surface area contributed by atoms with Crippen LogP contribution in [0.3, 0.4) is 0 Å². The second-order valence-electron chi connectivity index (χ2n) is 6.12. The number of rotatable bonds is 6. The zero-order chi connectivity index (χ0) is 18.8. The number of amides is 1. The van der Waals surface area contributed by atoms with Gasteiger partial charge in [-0.1, -0.05) is 0 Å². The number of carbonyl (C=O) groups is 2. The van der Waals surface area contributed by atoms with Gasteiger partial charge in [0.25, 0.3) is 5.69 Å². The second kappa shape index (κ2) is 6.98. The molecule has 1 aromatic heterocycles. The van der Waals surface area contributed by atoms with Crippen LogP contribution in [0.5, 0.6) is 0 Å². The number of non-ortho nitro benzene ring substituents is 1. The van der Waals surface area contributed by atoms with Gasteiger partial charge in [0.2, 0.25) is 5.91 Å². The van der Waals surface area contributed by atoms with E-state index < -0.39 is 22.7 Å². The van der Waals surface area contributed by atoms with Gasteiger partial charge in [-0.3, -0.25) is 19.5 Å². The molecule has 1 aliphatic heterocycles. The zero-order valence-electron chi connectivity index (χ0n) is 13.8. The van der Waals surface area contributed by atoms with E-state index in [1.54, 1.807) is 0 Å². The molecule has 1 N–H and O–H groups in total. The largest absolute Gasteiger partial charge is 0.480 e. The van der Waals surface area contributed by atoms with Crippen LogP contribution in [0.25, 0.3) is 11.1 Å². The average molecular weight is 363 g/mol. The molecule has 10 nitrogen and oxygen atoms in total. The van der Waals surface area contributed by atoms with Crippen molar-refractivity contribution in [2.45, 2.75) is 38.3 Å². The lowest BCUT2D eigenvalue weighted by molar-refractivity contribution is -0.384. The third-order valence-corrected chi connectivity index (χ3v) is 4.49. The molecular formula is C16H17N3O7. The molecule has 1 aromatic carbocycles. The van der Waals surface area contributed by atoms with Crippen molar-refractivity contribution in [3.05, 3.63) is 38.9 Å². The number of nitro groups is 1. The first kappa shape index (κ1) is 17.6. The van der Waals surface area contributed by atoms with E-state index in [4.69, 9.17) is 9.52 Å². The Morgan fingerprint density at radius 3 is 2.85 bits per heavy atom. The Balaban J connectivity index is 1.67. The van der Waals surface area contributed by atoms with E-state index in [9.17, 15) is 24.5 Å². The summed E-state index contributed by atoms with van der Waals surface area (Å²) in [5, 5.41) is 19.9. The molecule has 138 valence electrons. The summed E-state index contributed by atoms with van der Waals surface area (Å²) in [7, 11) is 0. The maximum atomic E-state index is 12.2. The molecule has 0 radical (unpaired) electrons. The highest BCUT2D eigenvalue weighted by molar-refractivity contribution is 5.84. The minimum Gasteiger partial charge on any atom is -0.480 e. The summed E-state index contributed by atoms with van der Waals surface area (Å²) in [6.45, 7) is 0.620. The third-order valence-electron chi connectivity index (χ3n) is 4.49. The van der Waals surface area contributed by atoms with Crippen molar-refractivity contribution < 1.29 is 24.0 Å². The monoisotopic (exact) mass is 363 g/mol. The molecule has 1 aliphatic rings. The first-order chi connectivity index (χ1) is 12.4. The van der Waals surface area contributed by atoms with Crippen molar-refractivity contribution >= 4 is 28.7 Å². The lowest BCUT2D eigenvalue weighted by Gasteiger charge is -2.21. The molecule has 26 heavy (non-hydrogen) atoms. The quantitative estimate of drug-likeness (QED) is 0.604. The molecule has 1 amide bonds. The predicted molar refractivity (Wildman–Crippen MR) is 88.7 cm³/mol. The SMILES string of the molecule is O=C(O)[C@@H]1CCCN1C(=O)CCCn1c(=O)oc2cc([N+](=O)[O-])ccc21. The highest BCUT2D eigenvalue weighted by Gasteiger charge is 2.33. The molecule has 0 aliphatic carbocycles. The Morgan fingerprint density at radius 2 is 2.15 bits per heavy atom. The van der Waals surface area contributed by atoms with E-state index >= 15 is 0 Å². The number of benzene rings is 1. The predicted octanol–water partition coefficient (Wildman–Crippen LogP) is 1.36. The Hall–Kier alpha value is -3.17. The van der Waals surface area contributed by atoms with Gasteiger partial charge in [-0.25, -0.2) is 9.59 Å². The molecule has 1 saturated heterocycles. The number of fused-ring (bicyclic) bond motifs is 1. The van der Waals surface area contributed by atoms with Crippen molar-refractivity contribution in [3.63, 3.8) is 0 Å². The van der Waals surface area contributed by atoms with Gasteiger partial charge >= 0.3 is 11.7 Å². The van der Waals surface area contributed by atoms with Gasteiger partial charge in [-0.2, -0.15) is 0 Å². The molecule has 0 saturated carbocycles. The van der Waals surface area contributed by atoms with Gasteiger partial charge in [0, 0.05) is 25.6 Å². The van der Waals surface area contributed by atoms with Crippen LogP contribution in [0.2, 0.25) is 0 Å². The molecule has 10 heteroatoms. The minimum atomic E-state index is -1.01. The average Bonchev–Trinajstić information content (AvgIpc) is 3.19. The maximum Gasteiger partial charge on any atom is 0.419 e. The summed E-state index contributed by atoms with van der Waals surface area (Å²) in [4.78, 5) is 46.9. The van der Waals surface area contributed by atoms with Crippen LogP contribution in [0, 0.1) is 10.1 Å². The number of carbonyl (C=O) groups excluding carboxylic acids is 1. The molecule has 0 spiro atoms. The van der Waals surface area contributed by atoms with Crippen LogP contribution >= 0.6 is 0 Å². The number of oxazole rings is 1. The van der Waals surface area contributed by atoms with Crippen molar-refractivity contribution in [2.75, 3.05) is 6.54 Å². The molecule has 1 fully saturated rings. The number of carboxylic acid groups (broad SMARTS) is 1. The summed E-state index contributed by atoms with van der Waals surface area (Å²) in [6.07, 6.45) is 1.54. The summed E-state index contributed by atoms with van der Waals surface area (Å²) < 4.78 is 6.34. The lowest BCUT2D eigenvalue weighted by atomic mass is 10.2. The topological polar surface area (TPSA) is 136 Å². The summed E-state index contributed by atoms with van der Waals surface area (Å²) in [5.74, 6) is -1.92. The van der Waals surface area contributed by atoms with Gasteiger partial charge in [0.15, 0.2) is 5.58 Å². The number of aryl methyl sites for hydroxylation is 1. The van der Waals surface area contributed by atoms with Crippen LogP contribution in [0.15, 0.2) is 27.4 Å². The van der Waals surface area contributed by atoms with E-state index in [1.807, 2.05) is 0 Å². The van der Waals surface area contributed by atoms with Crippen LogP contribution in [-0.4, -0.2) is 44.0 Å². The molecule has 0 unspecified atom stereocenters. The number of nitro benzene ring substituents is 1. The van der Waals surface area contributed by atoms with E-state index in [0.29, 0.717) is 31.3 Å². The minimum absolute atomic E-state index is 0.107. The van der Waals surface area contributed by atoms with Gasteiger partial charge in [-0.05, 0) is 25.3 Å². The van der Waals surface area contributed by atoms with Crippen LogP contribution in [0.1, 0.15) is 25.7 Å². The second-order valence-corrected chi connectivity index (χ2v) is 6.12. The van der Waals surface area contributed by atoms with E-state index in [1.165, 1.54) is 27.7 Å². The lowest BCUT2D eigenvalue weighted by Crippen LogP contribution is -2.40. The Kier molecular flexibility index (Phi) is 4.74. The van der Waals surface area contributed by atoms with E-state index in [2.05, 4.69) is 0 Å². The van der Waals surface area contributed by atoms with Crippen LogP contribution in [-0.2, 0) is 16.1 Å². The van der Waals surface area contributed by atoms with Gasteiger partial charge < -0.3 is 14.4 Å². The third kappa shape index (κ3) is 3.30. The molecule has 3 rings (SSSR count). The van der Waals surface area contributed by atoms with Crippen molar-refractivity contribution in [3.8, 4) is 0 Å². The molecule has 2 aromatic rings. The molecule has 2 heterocycles. The number of hydrogen-bond acceptors (Lipinski definition) is 6. The molecule has 1 atom stereocenters. The van der Waals surface area contributed by atoms with E-state index in [0.717, 1.165) is 0 Å². The number of likely N-dealkylation sites (tertiary alicyclic amines) is 1. The smallest absolute Gasteiger partial charge is 0.419 e. The fraction of sp³-hybridized carbons (Fsp3) is 0.438. The van der Waals surface area contributed by atoms with Gasteiger partial charge in [-0.15, -0.1) is 0 Å². The van der Waals surface area contributed by atoms with Crippen LogP contribution in [0.4, 0.5) is 5.69 Å². The highest BCUT2D eigenvalue weighted by Crippen LogP contribution is 2.21. The summed E-state index contributed by atoms with van der Waals surface area (Å²) in [5.41, 5.74) is 0.348. The van der Waals surface area contributed by atoms with Crippen LogP contribution < -0.4 is 5.76 Å². The van der Waals surface area contributed by atoms with Crippen molar-refractivity contribution in [1.29, 1.82) is 0 Å². The first-order valence-corrected chi connectivity index (χ1v) is 8.18. The van der Waals surface area contributed by atoms with Crippen molar-refractivity contribution in [1.82, 2.24) is 9.47 Å². The zero-order valence-corrected chi connectivity index (χ0v) is 13.8. The first-order valence-electron chi connectivity index (χ1n) is 8.18. The normalized spacial score (nSPS) is 16.9. The van der Waals surface area contributed by atoms with Gasteiger partial charge in [0.1, 0.15) is 6.04 Å². The molecular weight excluding hydrogens is 346 g/mol. The number of aliphatic carboxylic acids is 1. The fourth-order valence-corrected chi connectivity index (χ4v) is 3.23. The van der Waals surface area contributed by atoms with Gasteiger partial charge in [0.05, 0.1) is 16.5 Å². The standard InChI is InChI=1S/C16H17N3O7/c20-14(17-7-1-3-12(17)15(21)22)4-2-8-18-11-6-5-10(19(24)25)9-13(11)26-16(18)23/h5-6,9,12H,1-4,7-8H2,(H,21,22)/t12-/m0/s1. The Bertz CT molecular complexity index is 930. The number of hydrogen-bond donors (Lipinski definition) is 1. The maximum absolute atomic E-state index is 12.2. The number of aromatic nitrogens is 1. The number of carboxylic acids is 1.